The van der Waals surface area contributed by atoms with Crippen LogP contribution in [0.4, 0.5) is 0 Å². The molecule has 0 fully saturated rings. The molecule has 1 aliphatic rings. The zero-order valence-electron chi connectivity index (χ0n) is 11.7. The predicted octanol–water partition coefficient (Wildman–Crippen LogP) is 3.98. The second-order valence-corrected chi connectivity index (χ2v) is 5.68. The van der Waals surface area contributed by atoms with Crippen molar-refractivity contribution in [2.24, 2.45) is 0 Å². The maximum atomic E-state index is 10.9. The van der Waals surface area contributed by atoms with Crippen molar-refractivity contribution in [2.75, 3.05) is 0 Å². The Bertz CT molecular complexity index is 777. The zero-order valence-corrected chi connectivity index (χ0v) is 11.7. The summed E-state index contributed by atoms with van der Waals surface area (Å²) in [4.78, 5) is 4.52. The minimum atomic E-state index is -0.567. The van der Waals surface area contributed by atoms with Gasteiger partial charge in [0, 0.05) is 28.8 Å². The summed E-state index contributed by atoms with van der Waals surface area (Å²) in [5, 5.41) is 11.9. The molecular formula is C18H17NO2. The third kappa shape index (κ3) is 2.05. The standard InChI is InChI=1S/C18H17NO2/c20-18(15-11-21-16-9-2-1-7-13(15)16)14-8-3-5-12-6-4-10-19-17(12)14/h1-2,4,6-7,9-11,14,18,20H,3,5,8H2. The van der Waals surface area contributed by atoms with Gasteiger partial charge in [-0.15, -0.1) is 0 Å². The number of pyridine rings is 1. The highest BCUT2D eigenvalue weighted by molar-refractivity contribution is 5.81. The zero-order chi connectivity index (χ0) is 14.2. The first-order valence-corrected chi connectivity index (χ1v) is 7.42. The SMILES string of the molecule is OC(c1coc2ccccc12)C1CCCc2cccnc21. The van der Waals surface area contributed by atoms with E-state index in [4.69, 9.17) is 4.42 Å². The molecule has 2 aromatic heterocycles. The maximum absolute atomic E-state index is 10.9. The highest BCUT2D eigenvalue weighted by Gasteiger charge is 2.30. The topological polar surface area (TPSA) is 46.3 Å². The van der Waals surface area contributed by atoms with Crippen LogP contribution >= 0.6 is 0 Å². The Kier molecular flexibility index (Phi) is 3.00. The molecule has 3 aromatic rings. The number of aliphatic hydroxyl groups excluding tert-OH is 1. The van der Waals surface area contributed by atoms with E-state index in [-0.39, 0.29) is 5.92 Å². The second-order valence-electron chi connectivity index (χ2n) is 5.68. The summed E-state index contributed by atoms with van der Waals surface area (Å²) in [6.45, 7) is 0. The Hall–Kier alpha value is -2.13. The smallest absolute Gasteiger partial charge is 0.134 e. The predicted molar refractivity (Wildman–Crippen MR) is 81.1 cm³/mol. The van der Waals surface area contributed by atoms with Gasteiger partial charge in [0.15, 0.2) is 0 Å². The van der Waals surface area contributed by atoms with Crippen LogP contribution in [0.1, 0.15) is 41.7 Å². The van der Waals surface area contributed by atoms with E-state index in [1.54, 1.807) is 6.26 Å². The number of hydrogen-bond acceptors (Lipinski definition) is 3. The van der Waals surface area contributed by atoms with Gasteiger partial charge >= 0.3 is 0 Å². The molecule has 0 saturated heterocycles. The van der Waals surface area contributed by atoms with E-state index < -0.39 is 6.10 Å². The number of rotatable bonds is 2. The van der Waals surface area contributed by atoms with E-state index >= 15 is 0 Å². The van der Waals surface area contributed by atoms with Gasteiger partial charge in [-0.05, 0) is 37.0 Å². The van der Waals surface area contributed by atoms with Gasteiger partial charge in [0.2, 0.25) is 0 Å². The molecule has 1 aliphatic carbocycles. The highest BCUT2D eigenvalue weighted by atomic mass is 16.3. The molecule has 0 amide bonds. The number of nitrogens with zero attached hydrogens (tertiary/aromatic N) is 1. The molecule has 2 heterocycles. The fraction of sp³-hybridized carbons (Fsp3) is 0.278. The van der Waals surface area contributed by atoms with Crippen LogP contribution in [0.5, 0.6) is 0 Å². The molecule has 0 saturated carbocycles. The molecule has 0 radical (unpaired) electrons. The summed E-state index contributed by atoms with van der Waals surface area (Å²) in [7, 11) is 0. The number of hydrogen-bond donors (Lipinski definition) is 1. The van der Waals surface area contributed by atoms with Gasteiger partial charge in [0.1, 0.15) is 5.58 Å². The largest absolute Gasteiger partial charge is 0.464 e. The van der Waals surface area contributed by atoms with Crippen LogP contribution in [0.25, 0.3) is 11.0 Å². The van der Waals surface area contributed by atoms with Crippen molar-refractivity contribution in [3.63, 3.8) is 0 Å². The Morgan fingerprint density at radius 3 is 3.05 bits per heavy atom. The van der Waals surface area contributed by atoms with Gasteiger partial charge in [0.05, 0.1) is 12.4 Å². The third-order valence-electron chi connectivity index (χ3n) is 4.45. The van der Waals surface area contributed by atoms with Crippen molar-refractivity contribution in [3.8, 4) is 0 Å². The molecule has 0 bridgehead atoms. The van der Waals surface area contributed by atoms with E-state index in [0.717, 1.165) is 41.5 Å². The van der Waals surface area contributed by atoms with Crippen LogP contribution in [0.3, 0.4) is 0 Å². The molecule has 0 spiro atoms. The first-order chi connectivity index (χ1) is 10.3. The summed E-state index contributed by atoms with van der Waals surface area (Å²) in [5.74, 6) is 0.0518. The van der Waals surface area contributed by atoms with Crippen LogP contribution < -0.4 is 0 Å². The summed E-state index contributed by atoms with van der Waals surface area (Å²) in [6, 6.07) is 11.9. The summed E-state index contributed by atoms with van der Waals surface area (Å²) < 4.78 is 5.57. The fourth-order valence-electron chi connectivity index (χ4n) is 3.40. The third-order valence-corrected chi connectivity index (χ3v) is 4.45. The number of aromatic nitrogens is 1. The number of fused-ring (bicyclic) bond motifs is 2. The van der Waals surface area contributed by atoms with Crippen molar-refractivity contribution >= 4 is 11.0 Å². The number of para-hydroxylation sites is 1. The maximum Gasteiger partial charge on any atom is 0.134 e. The number of benzene rings is 1. The van der Waals surface area contributed by atoms with Crippen molar-refractivity contribution in [2.45, 2.75) is 31.3 Å². The summed E-state index contributed by atoms with van der Waals surface area (Å²) >= 11 is 0. The lowest BCUT2D eigenvalue weighted by Crippen LogP contribution is -2.18. The molecule has 3 nitrogen and oxygen atoms in total. The lowest BCUT2D eigenvalue weighted by Gasteiger charge is -2.28. The van der Waals surface area contributed by atoms with Gasteiger partial charge in [-0.1, -0.05) is 24.3 Å². The van der Waals surface area contributed by atoms with E-state index in [1.165, 1.54) is 5.56 Å². The molecule has 1 N–H and O–H groups in total. The number of furan rings is 1. The van der Waals surface area contributed by atoms with Crippen molar-refractivity contribution < 1.29 is 9.52 Å². The minimum Gasteiger partial charge on any atom is -0.464 e. The van der Waals surface area contributed by atoms with Crippen LogP contribution in [0.15, 0.2) is 53.3 Å². The first kappa shape index (κ1) is 12.6. The van der Waals surface area contributed by atoms with Gasteiger partial charge in [-0.25, -0.2) is 0 Å². The number of aryl methyl sites for hydroxylation is 1. The first-order valence-electron chi connectivity index (χ1n) is 7.42. The Morgan fingerprint density at radius 2 is 2.10 bits per heavy atom. The average molecular weight is 279 g/mol. The summed E-state index contributed by atoms with van der Waals surface area (Å²) in [6.07, 6.45) is 6.05. The molecule has 2 unspecified atom stereocenters. The van der Waals surface area contributed by atoms with Crippen molar-refractivity contribution in [1.82, 2.24) is 4.98 Å². The molecule has 0 aliphatic heterocycles. The van der Waals surface area contributed by atoms with Gasteiger partial charge in [0.25, 0.3) is 0 Å². The monoisotopic (exact) mass is 279 g/mol. The molecule has 2 atom stereocenters. The molecule has 1 aromatic carbocycles. The van der Waals surface area contributed by atoms with E-state index in [1.807, 2.05) is 36.5 Å². The van der Waals surface area contributed by atoms with Crippen LogP contribution in [0.2, 0.25) is 0 Å². The molecule has 21 heavy (non-hydrogen) atoms. The van der Waals surface area contributed by atoms with E-state index in [9.17, 15) is 5.11 Å². The van der Waals surface area contributed by atoms with Crippen molar-refractivity contribution in [1.29, 1.82) is 0 Å². The minimum absolute atomic E-state index is 0.0518. The quantitative estimate of drug-likeness (QED) is 0.771. The molecular weight excluding hydrogens is 262 g/mol. The van der Waals surface area contributed by atoms with Gasteiger partial charge in [-0.3, -0.25) is 4.98 Å². The lowest BCUT2D eigenvalue weighted by atomic mass is 9.81. The highest BCUT2D eigenvalue weighted by Crippen LogP contribution is 2.41. The summed E-state index contributed by atoms with van der Waals surface area (Å²) in [5.41, 5.74) is 4.00. The Morgan fingerprint density at radius 1 is 1.19 bits per heavy atom. The molecule has 4 rings (SSSR count). The lowest BCUT2D eigenvalue weighted by molar-refractivity contribution is 0.134. The Balaban J connectivity index is 1.77. The van der Waals surface area contributed by atoms with E-state index in [0.29, 0.717) is 0 Å². The normalized spacial score (nSPS) is 19.4. The van der Waals surface area contributed by atoms with Crippen molar-refractivity contribution in [3.05, 3.63) is 65.7 Å². The van der Waals surface area contributed by atoms with Gasteiger partial charge in [-0.2, -0.15) is 0 Å². The molecule has 3 heteroatoms. The molecule has 106 valence electrons. The van der Waals surface area contributed by atoms with Crippen LogP contribution in [-0.4, -0.2) is 10.1 Å². The Labute approximate surface area is 123 Å². The van der Waals surface area contributed by atoms with E-state index in [2.05, 4.69) is 11.1 Å². The second kappa shape index (κ2) is 5.01. The van der Waals surface area contributed by atoms with Gasteiger partial charge < -0.3 is 9.52 Å². The van der Waals surface area contributed by atoms with Crippen LogP contribution in [-0.2, 0) is 6.42 Å². The average Bonchev–Trinajstić information content (AvgIpc) is 2.98. The number of aliphatic hydroxyl groups is 1. The van der Waals surface area contributed by atoms with Crippen LogP contribution in [0, 0.1) is 0 Å². The fourth-order valence-corrected chi connectivity index (χ4v) is 3.40.